The largest absolute Gasteiger partial charge is 0.379 e. The van der Waals surface area contributed by atoms with Gasteiger partial charge in [-0.15, -0.1) is 0 Å². The maximum atomic E-state index is 6.13. The lowest BCUT2D eigenvalue weighted by molar-refractivity contribution is 0.130. The van der Waals surface area contributed by atoms with Crippen molar-refractivity contribution in [2.75, 3.05) is 31.7 Å². The number of nitrogens with zero attached hydrogens (tertiary/aromatic N) is 3. The maximum Gasteiger partial charge on any atom is 0.129 e. The van der Waals surface area contributed by atoms with Crippen molar-refractivity contribution in [2.24, 2.45) is 18.7 Å². The molecule has 1 aliphatic rings. The molecular weight excluding hydrogens is 264 g/mol. The molecule has 1 fully saturated rings. The fourth-order valence-electron chi connectivity index (χ4n) is 2.65. The van der Waals surface area contributed by atoms with Crippen LogP contribution in [0.2, 0.25) is 0 Å². The van der Waals surface area contributed by atoms with Crippen LogP contribution in [0.15, 0.2) is 0 Å². The van der Waals surface area contributed by atoms with Crippen LogP contribution in [-0.4, -0.2) is 42.6 Å². The first-order valence-corrected chi connectivity index (χ1v) is 8.09. The third kappa shape index (κ3) is 4.45. The summed E-state index contributed by atoms with van der Waals surface area (Å²) in [5.74, 6) is 2.00. The van der Waals surface area contributed by atoms with Gasteiger partial charge >= 0.3 is 0 Å². The fraction of sp³-hybridized carbons (Fsp3) is 0.812. The highest BCUT2D eigenvalue weighted by molar-refractivity contribution is 5.50. The van der Waals surface area contributed by atoms with Crippen molar-refractivity contribution in [2.45, 2.75) is 45.6 Å². The Hall–Kier alpha value is -1.07. The number of rotatable bonds is 9. The van der Waals surface area contributed by atoms with Crippen LogP contribution in [0.25, 0.3) is 0 Å². The van der Waals surface area contributed by atoms with Crippen LogP contribution in [-0.2, 0) is 18.2 Å². The average molecular weight is 294 g/mol. The van der Waals surface area contributed by atoms with Gasteiger partial charge in [-0.25, -0.2) is 0 Å². The van der Waals surface area contributed by atoms with E-state index in [4.69, 9.17) is 10.5 Å². The first-order chi connectivity index (χ1) is 10.0. The quantitative estimate of drug-likeness (QED) is 0.706. The summed E-state index contributed by atoms with van der Waals surface area (Å²) in [4.78, 5) is 2.24. The number of nitrogens with two attached hydrogens (primary N) is 1. The van der Waals surface area contributed by atoms with Crippen LogP contribution < -0.4 is 10.6 Å². The molecule has 1 aliphatic carbocycles. The summed E-state index contributed by atoms with van der Waals surface area (Å²) in [6, 6.07) is 0.200. The van der Waals surface area contributed by atoms with Crippen LogP contribution in [0, 0.1) is 12.8 Å². The number of hydrogen-bond donors (Lipinski definition) is 1. The lowest BCUT2D eigenvalue weighted by Gasteiger charge is -2.22. The second-order valence-corrected chi connectivity index (χ2v) is 6.32. The molecule has 0 bridgehead atoms. The molecule has 1 atom stereocenters. The van der Waals surface area contributed by atoms with Crippen molar-refractivity contribution in [3.8, 4) is 0 Å². The Morgan fingerprint density at radius 1 is 1.48 bits per heavy atom. The average Bonchev–Trinajstić information content (AvgIpc) is 3.22. The molecule has 0 amide bonds. The summed E-state index contributed by atoms with van der Waals surface area (Å²) >= 11 is 0. The molecule has 21 heavy (non-hydrogen) atoms. The fourth-order valence-corrected chi connectivity index (χ4v) is 2.65. The third-order valence-corrected chi connectivity index (χ3v) is 4.29. The van der Waals surface area contributed by atoms with Crippen molar-refractivity contribution in [3.63, 3.8) is 0 Å². The summed E-state index contributed by atoms with van der Waals surface area (Å²) in [5, 5.41) is 4.56. The molecule has 1 aromatic heterocycles. The molecule has 1 aromatic rings. The molecule has 1 heterocycles. The summed E-state index contributed by atoms with van der Waals surface area (Å²) < 4.78 is 7.71. The van der Waals surface area contributed by atoms with Crippen LogP contribution in [0.4, 0.5) is 5.82 Å². The maximum absolute atomic E-state index is 6.13. The van der Waals surface area contributed by atoms with E-state index in [0.717, 1.165) is 44.2 Å². The molecule has 2 N–H and O–H groups in total. The van der Waals surface area contributed by atoms with E-state index in [1.54, 1.807) is 0 Å². The Balaban J connectivity index is 1.95. The van der Waals surface area contributed by atoms with Gasteiger partial charge in [-0.1, -0.05) is 6.92 Å². The molecule has 0 aliphatic heterocycles. The topological polar surface area (TPSA) is 56.3 Å². The Morgan fingerprint density at radius 3 is 2.81 bits per heavy atom. The molecule has 0 aromatic carbocycles. The summed E-state index contributed by atoms with van der Waals surface area (Å²) in [7, 11) is 4.11. The molecule has 0 saturated heterocycles. The van der Waals surface area contributed by atoms with Crippen molar-refractivity contribution < 1.29 is 4.74 Å². The van der Waals surface area contributed by atoms with Gasteiger partial charge in [0, 0.05) is 38.9 Å². The predicted octanol–water partition coefficient (Wildman–Crippen LogP) is 1.87. The highest BCUT2D eigenvalue weighted by atomic mass is 16.5. The van der Waals surface area contributed by atoms with Gasteiger partial charge in [0.05, 0.1) is 12.3 Å². The molecule has 1 saturated carbocycles. The monoisotopic (exact) mass is 294 g/mol. The number of anilines is 1. The van der Waals surface area contributed by atoms with Crippen LogP contribution in [0.5, 0.6) is 0 Å². The standard InChI is InChI=1S/C16H30N4O/c1-5-14(17)10-15-12(2)18-20(4)16(15)19(3)8-9-21-11-13-6-7-13/h13-14H,5-11,17H2,1-4H3. The Labute approximate surface area is 128 Å². The van der Waals surface area contributed by atoms with Gasteiger partial charge < -0.3 is 15.4 Å². The Bertz CT molecular complexity index is 453. The van der Waals surface area contributed by atoms with Crippen molar-refractivity contribution in [3.05, 3.63) is 11.3 Å². The second kappa shape index (κ2) is 7.27. The van der Waals surface area contributed by atoms with E-state index in [0.29, 0.717) is 0 Å². The highest BCUT2D eigenvalue weighted by Crippen LogP contribution is 2.29. The minimum Gasteiger partial charge on any atom is -0.379 e. The first kappa shape index (κ1) is 16.3. The smallest absolute Gasteiger partial charge is 0.129 e. The zero-order valence-electron chi connectivity index (χ0n) is 13.9. The van der Waals surface area contributed by atoms with E-state index in [-0.39, 0.29) is 6.04 Å². The summed E-state index contributed by atoms with van der Waals surface area (Å²) in [6.45, 7) is 6.78. The summed E-state index contributed by atoms with van der Waals surface area (Å²) in [6.07, 6.45) is 4.56. The van der Waals surface area contributed by atoms with E-state index < -0.39 is 0 Å². The zero-order valence-corrected chi connectivity index (χ0v) is 13.9. The number of ether oxygens (including phenoxy) is 1. The van der Waals surface area contributed by atoms with E-state index in [1.165, 1.54) is 24.2 Å². The molecule has 5 nitrogen and oxygen atoms in total. The molecule has 1 unspecified atom stereocenters. The first-order valence-electron chi connectivity index (χ1n) is 8.09. The van der Waals surface area contributed by atoms with Crippen LogP contribution in [0.1, 0.15) is 37.4 Å². The van der Waals surface area contributed by atoms with Crippen molar-refractivity contribution >= 4 is 5.82 Å². The van der Waals surface area contributed by atoms with Gasteiger partial charge in [-0.05, 0) is 38.5 Å². The van der Waals surface area contributed by atoms with Gasteiger partial charge in [0.15, 0.2) is 0 Å². The minimum absolute atomic E-state index is 0.200. The molecule has 120 valence electrons. The lowest BCUT2D eigenvalue weighted by atomic mass is 10.0. The van der Waals surface area contributed by atoms with E-state index in [9.17, 15) is 0 Å². The SMILES string of the molecule is CCC(N)Cc1c(C)nn(C)c1N(C)CCOCC1CC1. The zero-order chi connectivity index (χ0) is 15.4. The number of aryl methyl sites for hydroxylation is 2. The highest BCUT2D eigenvalue weighted by Gasteiger charge is 2.22. The van der Waals surface area contributed by atoms with Gasteiger partial charge in [-0.2, -0.15) is 5.10 Å². The van der Waals surface area contributed by atoms with Crippen molar-refractivity contribution in [1.29, 1.82) is 0 Å². The van der Waals surface area contributed by atoms with E-state index >= 15 is 0 Å². The lowest BCUT2D eigenvalue weighted by Crippen LogP contribution is -2.28. The van der Waals surface area contributed by atoms with Gasteiger partial charge in [0.25, 0.3) is 0 Å². The summed E-state index contributed by atoms with van der Waals surface area (Å²) in [5.41, 5.74) is 8.49. The van der Waals surface area contributed by atoms with Crippen LogP contribution >= 0.6 is 0 Å². The number of likely N-dealkylation sites (N-methyl/N-ethyl adjacent to an activating group) is 1. The number of aromatic nitrogens is 2. The third-order valence-electron chi connectivity index (χ3n) is 4.29. The Morgan fingerprint density at radius 2 is 2.19 bits per heavy atom. The van der Waals surface area contributed by atoms with Gasteiger partial charge in [0.2, 0.25) is 0 Å². The number of hydrogen-bond acceptors (Lipinski definition) is 4. The molecule has 2 rings (SSSR count). The Kier molecular flexibility index (Phi) is 5.65. The predicted molar refractivity (Wildman–Crippen MR) is 86.7 cm³/mol. The molecule has 0 spiro atoms. The van der Waals surface area contributed by atoms with Crippen molar-refractivity contribution in [1.82, 2.24) is 9.78 Å². The second-order valence-electron chi connectivity index (χ2n) is 6.32. The normalized spacial score (nSPS) is 16.2. The molecular formula is C16H30N4O. The minimum atomic E-state index is 0.200. The molecule has 5 heteroatoms. The van der Waals surface area contributed by atoms with Gasteiger partial charge in [0.1, 0.15) is 5.82 Å². The van der Waals surface area contributed by atoms with Crippen LogP contribution in [0.3, 0.4) is 0 Å². The van der Waals surface area contributed by atoms with Gasteiger partial charge in [-0.3, -0.25) is 4.68 Å². The van der Waals surface area contributed by atoms with E-state index in [2.05, 4.69) is 30.9 Å². The van der Waals surface area contributed by atoms with E-state index in [1.807, 2.05) is 11.7 Å². The molecule has 0 radical (unpaired) electrons.